The topological polar surface area (TPSA) is 98.7 Å². The lowest BCUT2D eigenvalue weighted by atomic mass is 10.1. The minimum absolute atomic E-state index is 0.261. The van der Waals surface area contributed by atoms with E-state index in [1.54, 1.807) is 33.0 Å². The molecule has 8 heteroatoms. The Morgan fingerprint density at radius 2 is 1.67 bits per heavy atom. The van der Waals surface area contributed by atoms with Gasteiger partial charge in [0.05, 0.1) is 5.52 Å². The number of carbonyl (C=O) groups is 3. The van der Waals surface area contributed by atoms with E-state index in [-0.39, 0.29) is 12.5 Å². The van der Waals surface area contributed by atoms with Gasteiger partial charge in [-0.3, -0.25) is 9.36 Å². The Morgan fingerprint density at radius 3 is 2.27 bits per heavy atom. The molecule has 33 heavy (non-hydrogen) atoms. The van der Waals surface area contributed by atoms with Crippen molar-refractivity contribution in [3.05, 3.63) is 42.1 Å². The number of rotatable bonds is 6. The van der Waals surface area contributed by atoms with Gasteiger partial charge in [0.1, 0.15) is 17.2 Å². The number of ether oxygens (including phenoxy) is 2. The highest BCUT2D eigenvalue weighted by Crippen LogP contribution is 2.23. The van der Waals surface area contributed by atoms with Gasteiger partial charge in [0.2, 0.25) is 5.91 Å². The number of nitrogens with one attached hydrogen (secondary N) is 2. The van der Waals surface area contributed by atoms with Crippen LogP contribution < -0.4 is 10.6 Å². The van der Waals surface area contributed by atoms with Crippen molar-refractivity contribution >= 4 is 35.1 Å². The monoisotopic (exact) mass is 457 g/mol. The molecule has 1 atom stereocenters. The van der Waals surface area contributed by atoms with Gasteiger partial charge in [0.15, 0.2) is 0 Å². The highest BCUT2D eigenvalue weighted by molar-refractivity contribution is 5.95. The molecule has 0 aliphatic carbocycles. The third kappa shape index (κ3) is 7.97. The number of carbonyl (C=O) groups excluding carboxylic acids is 3. The quantitative estimate of drug-likeness (QED) is 0.646. The molecule has 0 fully saturated rings. The van der Waals surface area contributed by atoms with Crippen molar-refractivity contribution in [2.75, 3.05) is 6.54 Å². The van der Waals surface area contributed by atoms with E-state index < -0.39 is 29.4 Å². The zero-order valence-electron chi connectivity index (χ0n) is 20.5. The molecule has 2 rings (SSSR count). The predicted molar refractivity (Wildman–Crippen MR) is 129 cm³/mol. The molecule has 0 aliphatic heterocycles. The molecule has 2 amide bonds. The summed E-state index contributed by atoms with van der Waals surface area (Å²) >= 11 is 0. The summed E-state index contributed by atoms with van der Waals surface area (Å²) in [6.07, 6.45) is 4.69. The number of aromatic nitrogens is 1. The lowest BCUT2D eigenvalue weighted by Crippen LogP contribution is -2.47. The van der Waals surface area contributed by atoms with E-state index in [0.717, 1.165) is 16.5 Å². The highest BCUT2D eigenvalue weighted by Gasteiger charge is 2.23. The summed E-state index contributed by atoms with van der Waals surface area (Å²) in [5, 5.41) is 6.27. The molecule has 0 aliphatic rings. The number of nitrogens with zero attached hydrogens (tertiary/aromatic N) is 1. The average molecular weight is 458 g/mol. The molecule has 0 bridgehead atoms. The van der Waals surface area contributed by atoms with E-state index in [0.29, 0.717) is 6.42 Å². The van der Waals surface area contributed by atoms with Gasteiger partial charge in [-0.15, -0.1) is 0 Å². The van der Waals surface area contributed by atoms with Gasteiger partial charge in [0.25, 0.3) is 0 Å². The van der Waals surface area contributed by atoms with Gasteiger partial charge in [-0.2, -0.15) is 0 Å². The fourth-order valence-electron chi connectivity index (χ4n) is 3.07. The zero-order chi connectivity index (χ0) is 24.8. The van der Waals surface area contributed by atoms with Crippen molar-refractivity contribution in [1.29, 1.82) is 0 Å². The molecule has 0 saturated carbocycles. The van der Waals surface area contributed by atoms with E-state index in [1.807, 2.05) is 58.0 Å². The maximum Gasteiger partial charge on any atom is 0.419 e. The second-order valence-electron chi connectivity index (χ2n) is 9.71. The van der Waals surface area contributed by atoms with Crippen LogP contribution in [0.5, 0.6) is 0 Å². The number of benzene rings is 1. The number of hydrogen-bond donors (Lipinski definition) is 2. The molecule has 1 heterocycles. The summed E-state index contributed by atoms with van der Waals surface area (Å²) in [6, 6.07) is 6.84. The van der Waals surface area contributed by atoms with Gasteiger partial charge >= 0.3 is 12.2 Å². The Morgan fingerprint density at radius 1 is 1.03 bits per heavy atom. The first-order valence-electron chi connectivity index (χ1n) is 11.1. The Bertz CT molecular complexity index is 1020. The average Bonchev–Trinajstić information content (AvgIpc) is 3.05. The minimum Gasteiger partial charge on any atom is -0.444 e. The SMILES string of the molecule is CC[C@H](NC(=O)OC(C)(C)C)C(=O)NC/C=C/c1cn(C(=O)OC(C)(C)C)c2ccccc12. The Hall–Kier alpha value is -3.29. The highest BCUT2D eigenvalue weighted by atomic mass is 16.6. The summed E-state index contributed by atoms with van der Waals surface area (Å²) in [5.41, 5.74) is 0.319. The van der Waals surface area contributed by atoms with Gasteiger partial charge in [-0.05, 0) is 54.0 Å². The van der Waals surface area contributed by atoms with Crippen LogP contribution >= 0.6 is 0 Å². The van der Waals surface area contributed by atoms with E-state index in [1.165, 1.54) is 4.57 Å². The van der Waals surface area contributed by atoms with Crippen LogP contribution in [0.1, 0.15) is 60.5 Å². The molecular formula is C25H35N3O5. The lowest BCUT2D eigenvalue weighted by molar-refractivity contribution is -0.123. The summed E-state index contributed by atoms with van der Waals surface area (Å²) in [6.45, 7) is 12.8. The molecule has 0 saturated heterocycles. The first kappa shape index (κ1) is 26.0. The third-order valence-corrected chi connectivity index (χ3v) is 4.44. The number of amides is 2. The molecule has 2 aromatic rings. The van der Waals surface area contributed by atoms with Crippen LogP contribution in [0.2, 0.25) is 0 Å². The second kappa shape index (κ2) is 10.6. The fraction of sp³-hybridized carbons (Fsp3) is 0.480. The van der Waals surface area contributed by atoms with Crippen LogP contribution in [0.4, 0.5) is 9.59 Å². The maximum atomic E-state index is 12.6. The molecule has 0 radical (unpaired) electrons. The summed E-state index contributed by atoms with van der Waals surface area (Å²) in [7, 11) is 0. The van der Waals surface area contributed by atoms with Crippen LogP contribution in [0.15, 0.2) is 36.5 Å². The van der Waals surface area contributed by atoms with E-state index in [2.05, 4.69) is 10.6 Å². The molecule has 1 aromatic heterocycles. The van der Waals surface area contributed by atoms with Crippen LogP contribution in [0.3, 0.4) is 0 Å². The van der Waals surface area contributed by atoms with Gasteiger partial charge in [-0.1, -0.05) is 37.3 Å². The van der Waals surface area contributed by atoms with Gasteiger partial charge in [0, 0.05) is 23.7 Å². The Balaban J connectivity index is 2.05. The van der Waals surface area contributed by atoms with Crippen molar-refractivity contribution in [3.8, 4) is 0 Å². The summed E-state index contributed by atoms with van der Waals surface area (Å²) in [4.78, 5) is 37.0. The van der Waals surface area contributed by atoms with Crippen molar-refractivity contribution in [3.63, 3.8) is 0 Å². The van der Waals surface area contributed by atoms with Crippen LogP contribution in [-0.4, -0.2) is 46.4 Å². The van der Waals surface area contributed by atoms with E-state index in [9.17, 15) is 14.4 Å². The normalized spacial score (nSPS) is 13.1. The standard InChI is InChI=1S/C25H35N3O5/c1-8-19(27-22(30)32-24(2,3)4)21(29)26-15-11-12-17-16-28(23(31)33-25(5,6)7)20-14-10-9-13-18(17)20/h9-14,16,19H,8,15H2,1-7H3,(H,26,29)(H,27,30)/b12-11+/t19-/m0/s1. The molecule has 8 nitrogen and oxygen atoms in total. The van der Waals surface area contributed by atoms with Crippen LogP contribution in [0, 0.1) is 0 Å². The third-order valence-electron chi connectivity index (χ3n) is 4.44. The Labute approximate surface area is 195 Å². The van der Waals surface area contributed by atoms with Crippen molar-refractivity contribution in [2.24, 2.45) is 0 Å². The predicted octanol–water partition coefficient (Wildman–Crippen LogP) is 4.86. The van der Waals surface area contributed by atoms with Gasteiger partial charge in [-0.25, -0.2) is 9.59 Å². The number of fused-ring (bicyclic) bond motifs is 1. The summed E-state index contributed by atoms with van der Waals surface area (Å²) in [5.74, 6) is -0.302. The van der Waals surface area contributed by atoms with Gasteiger partial charge < -0.3 is 20.1 Å². The molecule has 1 aromatic carbocycles. The van der Waals surface area contributed by atoms with Crippen molar-refractivity contribution in [2.45, 2.75) is 72.1 Å². The molecule has 2 N–H and O–H groups in total. The first-order valence-corrected chi connectivity index (χ1v) is 11.1. The van der Waals surface area contributed by atoms with E-state index in [4.69, 9.17) is 9.47 Å². The molecule has 0 spiro atoms. The summed E-state index contributed by atoms with van der Waals surface area (Å²) < 4.78 is 12.2. The van der Waals surface area contributed by atoms with E-state index >= 15 is 0 Å². The fourth-order valence-corrected chi connectivity index (χ4v) is 3.07. The first-order chi connectivity index (χ1) is 15.3. The smallest absolute Gasteiger partial charge is 0.419 e. The molecular weight excluding hydrogens is 422 g/mol. The molecule has 0 unspecified atom stereocenters. The Kier molecular flexibility index (Phi) is 8.30. The van der Waals surface area contributed by atoms with Crippen molar-refractivity contribution in [1.82, 2.24) is 15.2 Å². The number of alkyl carbamates (subject to hydrolysis) is 1. The van der Waals surface area contributed by atoms with Crippen LogP contribution in [0.25, 0.3) is 17.0 Å². The zero-order valence-corrected chi connectivity index (χ0v) is 20.5. The van der Waals surface area contributed by atoms with Crippen molar-refractivity contribution < 1.29 is 23.9 Å². The number of hydrogen-bond acceptors (Lipinski definition) is 5. The second-order valence-corrected chi connectivity index (χ2v) is 9.71. The number of para-hydroxylation sites is 1. The van der Waals surface area contributed by atoms with Crippen LogP contribution in [-0.2, 0) is 14.3 Å². The minimum atomic E-state index is -0.692. The largest absolute Gasteiger partial charge is 0.444 e. The molecule has 180 valence electrons. The lowest BCUT2D eigenvalue weighted by Gasteiger charge is -2.22. The maximum absolute atomic E-state index is 12.6.